The fourth-order valence-electron chi connectivity index (χ4n) is 2.04. The average molecular weight is 195 g/mol. The van der Waals surface area contributed by atoms with Crippen LogP contribution in [-0.4, -0.2) is 16.9 Å². The number of nitrogens with two attached hydrogens (primary N) is 1. The summed E-state index contributed by atoms with van der Waals surface area (Å²) in [5, 5.41) is 9.73. The van der Waals surface area contributed by atoms with Gasteiger partial charge in [-0.05, 0) is 13.3 Å². The van der Waals surface area contributed by atoms with E-state index in [4.69, 9.17) is 10.2 Å². The lowest BCUT2D eigenvalue weighted by Gasteiger charge is -2.08. The standard InChI is InChI=1S/C10H13NO3/c1-4(12)10-6-3-7(11)9(13)8(6)5(2)14-10/h7,9,13H,3,11H2,1-2H3. The minimum atomic E-state index is -0.693. The Morgan fingerprint density at radius 3 is 2.86 bits per heavy atom. The molecule has 0 aliphatic heterocycles. The van der Waals surface area contributed by atoms with Crippen LogP contribution in [0.3, 0.4) is 0 Å². The predicted octanol–water partition coefficient (Wildman–Crippen LogP) is 0.707. The van der Waals surface area contributed by atoms with E-state index in [1.54, 1.807) is 6.92 Å². The van der Waals surface area contributed by atoms with Crippen molar-refractivity contribution in [1.29, 1.82) is 0 Å². The molecule has 2 atom stereocenters. The van der Waals surface area contributed by atoms with Gasteiger partial charge in [0, 0.05) is 24.1 Å². The highest BCUT2D eigenvalue weighted by Crippen LogP contribution is 2.37. The fraction of sp³-hybridized carbons (Fsp3) is 0.500. The maximum atomic E-state index is 11.2. The van der Waals surface area contributed by atoms with E-state index in [9.17, 15) is 9.90 Å². The van der Waals surface area contributed by atoms with Gasteiger partial charge in [0.1, 0.15) is 5.76 Å². The Morgan fingerprint density at radius 1 is 1.64 bits per heavy atom. The molecule has 1 heterocycles. The highest BCUT2D eigenvalue weighted by Gasteiger charge is 2.35. The van der Waals surface area contributed by atoms with Crippen molar-refractivity contribution in [1.82, 2.24) is 0 Å². The van der Waals surface area contributed by atoms with Crippen molar-refractivity contribution >= 4 is 5.78 Å². The second-order valence-electron chi connectivity index (χ2n) is 3.75. The summed E-state index contributed by atoms with van der Waals surface area (Å²) in [6.45, 7) is 3.20. The van der Waals surface area contributed by atoms with E-state index in [1.807, 2.05) is 0 Å². The number of aliphatic hydroxyl groups is 1. The van der Waals surface area contributed by atoms with Crippen molar-refractivity contribution < 1.29 is 14.3 Å². The number of hydrogen-bond acceptors (Lipinski definition) is 4. The van der Waals surface area contributed by atoms with Gasteiger partial charge < -0.3 is 15.3 Å². The topological polar surface area (TPSA) is 76.5 Å². The Balaban J connectivity index is 2.57. The van der Waals surface area contributed by atoms with E-state index in [0.29, 0.717) is 23.5 Å². The van der Waals surface area contributed by atoms with Crippen LogP contribution in [0.4, 0.5) is 0 Å². The van der Waals surface area contributed by atoms with E-state index in [1.165, 1.54) is 6.92 Å². The van der Waals surface area contributed by atoms with Crippen LogP contribution in [-0.2, 0) is 6.42 Å². The molecule has 76 valence electrons. The van der Waals surface area contributed by atoms with Crippen LogP contribution in [0.25, 0.3) is 0 Å². The lowest BCUT2D eigenvalue weighted by molar-refractivity contribution is 0.0983. The number of rotatable bonds is 1. The Kier molecular flexibility index (Phi) is 1.97. The Hall–Kier alpha value is -1.13. The summed E-state index contributed by atoms with van der Waals surface area (Å²) in [5.74, 6) is 0.839. The van der Waals surface area contributed by atoms with Gasteiger partial charge in [0.15, 0.2) is 11.5 Å². The summed E-state index contributed by atoms with van der Waals surface area (Å²) in [4.78, 5) is 11.2. The monoisotopic (exact) mass is 195 g/mol. The molecule has 0 radical (unpaired) electrons. The molecule has 2 unspecified atom stereocenters. The van der Waals surface area contributed by atoms with E-state index in [0.717, 1.165) is 5.56 Å². The largest absolute Gasteiger partial charge is 0.458 e. The number of hydrogen-bond donors (Lipinski definition) is 2. The van der Waals surface area contributed by atoms with Crippen LogP contribution in [0.5, 0.6) is 0 Å². The third-order valence-corrected chi connectivity index (χ3v) is 2.69. The van der Waals surface area contributed by atoms with Crippen molar-refractivity contribution in [2.75, 3.05) is 0 Å². The molecule has 0 fully saturated rings. The Morgan fingerprint density at radius 2 is 2.29 bits per heavy atom. The molecular weight excluding hydrogens is 182 g/mol. The maximum absolute atomic E-state index is 11.2. The number of carbonyl (C=O) groups is 1. The third-order valence-electron chi connectivity index (χ3n) is 2.69. The molecule has 14 heavy (non-hydrogen) atoms. The molecule has 0 bridgehead atoms. The van der Waals surface area contributed by atoms with Crippen molar-refractivity contribution in [3.63, 3.8) is 0 Å². The van der Waals surface area contributed by atoms with Gasteiger partial charge >= 0.3 is 0 Å². The van der Waals surface area contributed by atoms with Gasteiger partial charge in [0.2, 0.25) is 0 Å². The summed E-state index contributed by atoms with van der Waals surface area (Å²) in [6, 6.07) is -0.312. The zero-order valence-electron chi connectivity index (χ0n) is 8.20. The minimum Gasteiger partial charge on any atom is -0.458 e. The summed E-state index contributed by atoms with van der Waals surface area (Å²) in [7, 11) is 0. The molecule has 2 rings (SSSR count). The van der Waals surface area contributed by atoms with Crippen LogP contribution in [0, 0.1) is 6.92 Å². The number of Topliss-reactive ketones (excluding diaryl/α,β-unsaturated/α-hetero) is 1. The zero-order valence-corrected chi connectivity index (χ0v) is 8.20. The predicted molar refractivity (Wildman–Crippen MR) is 50.1 cm³/mol. The van der Waals surface area contributed by atoms with Gasteiger partial charge in [0.05, 0.1) is 6.10 Å². The molecule has 1 aromatic rings. The van der Waals surface area contributed by atoms with Crippen LogP contribution in [0.1, 0.15) is 40.5 Å². The van der Waals surface area contributed by atoms with Gasteiger partial charge in [-0.3, -0.25) is 4.79 Å². The van der Waals surface area contributed by atoms with Crippen molar-refractivity contribution in [2.24, 2.45) is 5.73 Å². The highest BCUT2D eigenvalue weighted by molar-refractivity contribution is 5.93. The number of aryl methyl sites for hydroxylation is 1. The molecule has 0 amide bonds. The van der Waals surface area contributed by atoms with Crippen molar-refractivity contribution in [3.05, 3.63) is 22.6 Å². The van der Waals surface area contributed by atoms with Crippen LogP contribution >= 0.6 is 0 Å². The molecule has 0 aromatic carbocycles. The lowest BCUT2D eigenvalue weighted by atomic mass is 10.1. The molecule has 1 aliphatic rings. The smallest absolute Gasteiger partial charge is 0.195 e. The number of aliphatic hydroxyl groups excluding tert-OH is 1. The van der Waals surface area contributed by atoms with Crippen LogP contribution in [0.15, 0.2) is 4.42 Å². The molecule has 1 aromatic heterocycles. The zero-order chi connectivity index (χ0) is 10.5. The molecule has 3 N–H and O–H groups in total. The molecule has 0 spiro atoms. The van der Waals surface area contributed by atoms with Gasteiger partial charge in [-0.25, -0.2) is 0 Å². The first-order valence-electron chi connectivity index (χ1n) is 4.59. The summed E-state index contributed by atoms with van der Waals surface area (Å²) >= 11 is 0. The lowest BCUT2D eigenvalue weighted by Crippen LogP contribution is -2.25. The van der Waals surface area contributed by atoms with E-state index >= 15 is 0 Å². The Labute approximate surface area is 81.7 Å². The second kappa shape index (κ2) is 2.93. The first-order valence-corrected chi connectivity index (χ1v) is 4.59. The maximum Gasteiger partial charge on any atom is 0.195 e. The summed E-state index contributed by atoms with van der Waals surface area (Å²) in [5.41, 5.74) is 7.21. The first-order chi connectivity index (χ1) is 6.52. The van der Waals surface area contributed by atoms with E-state index in [-0.39, 0.29) is 11.8 Å². The van der Waals surface area contributed by atoms with Gasteiger partial charge in [0.25, 0.3) is 0 Å². The van der Waals surface area contributed by atoms with Gasteiger partial charge in [-0.2, -0.15) is 0 Å². The van der Waals surface area contributed by atoms with Crippen molar-refractivity contribution in [2.45, 2.75) is 32.4 Å². The molecule has 0 saturated carbocycles. The minimum absolute atomic E-state index is 0.115. The highest BCUT2D eigenvalue weighted by atomic mass is 16.4. The van der Waals surface area contributed by atoms with Crippen molar-refractivity contribution in [3.8, 4) is 0 Å². The quantitative estimate of drug-likeness (QED) is 0.647. The number of ketones is 1. The fourth-order valence-corrected chi connectivity index (χ4v) is 2.04. The third kappa shape index (κ3) is 1.11. The van der Waals surface area contributed by atoms with E-state index in [2.05, 4.69) is 0 Å². The first kappa shape index (κ1) is 9.43. The second-order valence-corrected chi connectivity index (χ2v) is 3.75. The number of fused-ring (bicyclic) bond motifs is 1. The molecular formula is C10H13NO3. The van der Waals surface area contributed by atoms with Gasteiger partial charge in [-0.1, -0.05) is 0 Å². The van der Waals surface area contributed by atoms with Gasteiger partial charge in [-0.15, -0.1) is 0 Å². The number of carbonyl (C=O) groups excluding carboxylic acids is 1. The molecule has 0 saturated heterocycles. The average Bonchev–Trinajstić information content (AvgIpc) is 2.55. The summed E-state index contributed by atoms with van der Waals surface area (Å²) in [6.07, 6.45) is -0.176. The molecule has 1 aliphatic carbocycles. The normalized spacial score (nSPS) is 25.1. The molecule has 4 nitrogen and oxygen atoms in total. The van der Waals surface area contributed by atoms with E-state index < -0.39 is 6.10 Å². The Bertz CT molecular complexity index is 394. The van der Waals surface area contributed by atoms with Crippen LogP contribution in [0.2, 0.25) is 0 Å². The summed E-state index contributed by atoms with van der Waals surface area (Å²) < 4.78 is 5.30. The SMILES string of the molecule is CC(=O)c1oc(C)c2c1CC(N)C2O. The molecule has 4 heteroatoms. The number of furan rings is 1. The van der Waals surface area contributed by atoms with Crippen LogP contribution < -0.4 is 5.73 Å².